The van der Waals surface area contributed by atoms with E-state index < -0.39 is 5.97 Å². The van der Waals surface area contributed by atoms with Crippen molar-refractivity contribution in [3.63, 3.8) is 0 Å². The van der Waals surface area contributed by atoms with Crippen LogP contribution >= 0.6 is 0 Å². The first-order valence-corrected chi connectivity index (χ1v) is 9.17. The molecule has 0 aromatic heterocycles. The molecule has 0 spiro atoms. The van der Waals surface area contributed by atoms with Gasteiger partial charge in [-0.05, 0) is 44.7 Å². The maximum absolute atomic E-state index is 11.3. The Morgan fingerprint density at radius 2 is 1.67 bits per heavy atom. The molecule has 0 bridgehead atoms. The average Bonchev–Trinajstić information content (AvgIpc) is 2.57. The van der Waals surface area contributed by atoms with Crippen molar-refractivity contribution in [2.45, 2.75) is 71.3 Å². The molecule has 0 N–H and O–H groups in total. The quantitative estimate of drug-likeness (QED) is 0.208. The molecule has 3 nitrogen and oxygen atoms in total. The third-order valence-electron chi connectivity index (χ3n) is 3.89. The Kier molecular flexibility index (Phi) is 10.9. The summed E-state index contributed by atoms with van der Waals surface area (Å²) in [5.41, 5.74) is 1.10. The van der Waals surface area contributed by atoms with E-state index >= 15 is 0 Å². The van der Waals surface area contributed by atoms with Crippen molar-refractivity contribution in [1.29, 1.82) is 0 Å². The summed E-state index contributed by atoms with van der Waals surface area (Å²) in [6, 6.07) is 7.74. The molecule has 0 atom stereocenters. The Balaban J connectivity index is 2.11. The van der Waals surface area contributed by atoms with Gasteiger partial charge in [0.1, 0.15) is 5.75 Å². The highest BCUT2D eigenvalue weighted by atomic mass is 16.5. The van der Waals surface area contributed by atoms with Gasteiger partial charge in [0.05, 0.1) is 6.10 Å². The molecule has 1 aromatic rings. The van der Waals surface area contributed by atoms with E-state index in [0.29, 0.717) is 11.9 Å². The normalized spacial score (nSPS) is 10.8. The predicted molar refractivity (Wildman–Crippen MR) is 99.4 cm³/mol. The second-order valence-corrected chi connectivity index (χ2v) is 6.38. The first-order valence-electron chi connectivity index (χ1n) is 9.17. The minimum absolute atomic E-state index is 0.346. The Morgan fingerprint density at radius 1 is 1.04 bits per heavy atom. The molecule has 24 heavy (non-hydrogen) atoms. The zero-order chi connectivity index (χ0) is 17.6. The molecule has 0 heterocycles. The third kappa shape index (κ3) is 9.51. The highest BCUT2D eigenvalue weighted by molar-refractivity contribution is 5.83. The van der Waals surface area contributed by atoms with E-state index in [-0.39, 0.29) is 0 Å². The van der Waals surface area contributed by atoms with Crippen LogP contribution in [0.15, 0.2) is 36.9 Å². The van der Waals surface area contributed by atoms with E-state index in [4.69, 9.17) is 9.47 Å². The number of para-hydroxylation sites is 1. The van der Waals surface area contributed by atoms with E-state index in [2.05, 4.69) is 20.4 Å². The standard InChI is InChI=1S/C21H32O3/c1-4-21(22)24-20-16-12-11-15-19(20)14-10-8-6-5-7-9-13-17-23-18(2)3/h4,11-12,15-16,18H,1,5-10,13-14,17H2,2-3H3. The number of benzene rings is 1. The molecular weight excluding hydrogens is 300 g/mol. The molecule has 0 radical (unpaired) electrons. The maximum atomic E-state index is 11.3. The first-order chi connectivity index (χ1) is 11.6. The summed E-state index contributed by atoms with van der Waals surface area (Å²) in [6.45, 7) is 8.48. The Hall–Kier alpha value is -1.61. The largest absolute Gasteiger partial charge is 0.423 e. The SMILES string of the molecule is C=CC(=O)Oc1ccccc1CCCCCCCCCOC(C)C. The minimum Gasteiger partial charge on any atom is -0.423 e. The highest BCUT2D eigenvalue weighted by Gasteiger charge is 2.06. The van der Waals surface area contributed by atoms with Gasteiger partial charge in [-0.3, -0.25) is 0 Å². The maximum Gasteiger partial charge on any atom is 0.335 e. The van der Waals surface area contributed by atoms with Gasteiger partial charge in [-0.15, -0.1) is 0 Å². The molecule has 0 fully saturated rings. The summed E-state index contributed by atoms with van der Waals surface area (Å²) in [5.74, 6) is 0.261. The van der Waals surface area contributed by atoms with Crippen molar-refractivity contribution in [3.8, 4) is 5.75 Å². The third-order valence-corrected chi connectivity index (χ3v) is 3.89. The molecule has 0 saturated carbocycles. The van der Waals surface area contributed by atoms with Crippen molar-refractivity contribution < 1.29 is 14.3 Å². The molecule has 1 aromatic carbocycles. The summed E-state index contributed by atoms with van der Waals surface area (Å²) in [6.07, 6.45) is 11.1. The fraction of sp³-hybridized carbons (Fsp3) is 0.571. The molecular formula is C21H32O3. The first kappa shape index (κ1) is 20.4. The van der Waals surface area contributed by atoms with Crippen LogP contribution in [-0.2, 0) is 16.0 Å². The van der Waals surface area contributed by atoms with Crippen molar-refractivity contribution in [1.82, 2.24) is 0 Å². The molecule has 0 unspecified atom stereocenters. The summed E-state index contributed by atoms with van der Waals surface area (Å²) in [7, 11) is 0. The number of hydrogen-bond donors (Lipinski definition) is 0. The number of unbranched alkanes of at least 4 members (excludes halogenated alkanes) is 6. The van der Waals surface area contributed by atoms with Crippen LogP contribution in [0, 0.1) is 0 Å². The molecule has 134 valence electrons. The van der Waals surface area contributed by atoms with Crippen LogP contribution in [0.25, 0.3) is 0 Å². The lowest BCUT2D eigenvalue weighted by molar-refractivity contribution is -0.129. The second kappa shape index (κ2) is 12.8. The molecule has 0 aliphatic carbocycles. The van der Waals surface area contributed by atoms with Crippen molar-refractivity contribution in [2.24, 2.45) is 0 Å². The van der Waals surface area contributed by atoms with Gasteiger partial charge >= 0.3 is 5.97 Å². The average molecular weight is 332 g/mol. The number of carbonyl (C=O) groups excluding carboxylic acids is 1. The number of aryl methyl sites for hydroxylation is 1. The molecule has 3 heteroatoms. The number of carbonyl (C=O) groups is 1. The fourth-order valence-corrected chi connectivity index (χ4v) is 2.58. The van der Waals surface area contributed by atoms with Crippen molar-refractivity contribution in [2.75, 3.05) is 6.61 Å². The van der Waals surface area contributed by atoms with Gasteiger partial charge in [-0.1, -0.05) is 56.9 Å². The van der Waals surface area contributed by atoms with Gasteiger partial charge < -0.3 is 9.47 Å². The summed E-state index contributed by atoms with van der Waals surface area (Å²) in [5, 5.41) is 0. The summed E-state index contributed by atoms with van der Waals surface area (Å²) < 4.78 is 10.8. The van der Waals surface area contributed by atoms with Crippen LogP contribution in [0.3, 0.4) is 0 Å². The lowest BCUT2D eigenvalue weighted by Crippen LogP contribution is -2.05. The smallest absolute Gasteiger partial charge is 0.335 e. The fourth-order valence-electron chi connectivity index (χ4n) is 2.58. The van der Waals surface area contributed by atoms with Crippen LogP contribution in [0.4, 0.5) is 0 Å². The molecule has 1 rings (SSSR count). The molecule has 0 saturated heterocycles. The number of rotatable bonds is 13. The Bertz CT molecular complexity index is 480. The topological polar surface area (TPSA) is 35.5 Å². The molecule has 0 aliphatic rings. The van der Waals surface area contributed by atoms with E-state index in [1.54, 1.807) is 0 Å². The van der Waals surface area contributed by atoms with Gasteiger partial charge in [0.25, 0.3) is 0 Å². The lowest BCUT2D eigenvalue weighted by Gasteiger charge is -2.09. The van der Waals surface area contributed by atoms with Gasteiger partial charge in [0.2, 0.25) is 0 Å². The molecule has 0 aliphatic heterocycles. The van der Waals surface area contributed by atoms with Crippen molar-refractivity contribution in [3.05, 3.63) is 42.5 Å². The van der Waals surface area contributed by atoms with Crippen LogP contribution < -0.4 is 4.74 Å². The molecule has 0 amide bonds. The van der Waals surface area contributed by atoms with Gasteiger partial charge in [0.15, 0.2) is 0 Å². The van der Waals surface area contributed by atoms with Gasteiger partial charge in [0, 0.05) is 12.7 Å². The lowest BCUT2D eigenvalue weighted by atomic mass is 10.0. The van der Waals surface area contributed by atoms with E-state index in [0.717, 1.165) is 25.0 Å². The van der Waals surface area contributed by atoms with Crippen molar-refractivity contribution >= 4 is 5.97 Å². The Morgan fingerprint density at radius 3 is 2.33 bits per heavy atom. The minimum atomic E-state index is -0.399. The monoisotopic (exact) mass is 332 g/mol. The Labute approximate surface area is 147 Å². The van der Waals surface area contributed by atoms with E-state index in [1.807, 2.05) is 24.3 Å². The van der Waals surface area contributed by atoms with E-state index in [1.165, 1.54) is 44.6 Å². The number of ether oxygens (including phenoxy) is 2. The van der Waals surface area contributed by atoms with Crippen LogP contribution in [0.1, 0.15) is 64.4 Å². The highest BCUT2D eigenvalue weighted by Crippen LogP contribution is 2.21. The van der Waals surface area contributed by atoms with Gasteiger partial charge in [-0.2, -0.15) is 0 Å². The second-order valence-electron chi connectivity index (χ2n) is 6.38. The van der Waals surface area contributed by atoms with Crippen LogP contribution in [0.5, 0.6) is 5.75 Å². The van der Waals surface area contributed by atoms with E-state index in [9.17, 15) is 4.79 Å². The van der Waals surface area contributed by atoms with Gasteiger partial charge in [-0.25, -0.2) is 4.79 Å². The number of esters is 1. The zero-order valence-electron chi connectivity index (χ0n) is 15.3. The predicted octanol–water partition coefficient (Wildman–Crippen LogP) is 5.48. The van der Waals surface area contributed by atoms with Crippen LogP contribution in [0.2, 0.25) is 0 Å². The summed E-state index contributed by atoms with van der Waals surface area (Å²) >= 11 is 0. The number of hydrogen-bond acceptors (Lipinski definition) is 3. The summed E-state index contributed by atoms with van der Waals surface area (Å²) in [4.78, 5) is 11.3. The zero-order valence-corrected chi connectivity index (χ0v) is 15.3. The van der Waals surface area contributed by atoms with Crippen LogP contribution in [-0.4, -0.2) is 18.7 Å².